The molecule has 3 aliphatic rings. The number of carbonyl (C=O) groups excluding carboxylic acids is 1. The normalized spacial score (nSPS) is 19.9. The van der Waals surface area contributed by atoms with Gasteiger partial charge in [0.1, 0.15) is 11.6 Å². The molecule has 3 aromatic rings. The summed E-state index contributed by atoms with van der Waals surface area (Å²) in [4.78, 5) is 22.1. The van der Waals surface area contributed by atoms with Crippen LogP contribution in [-0.2, 0) is 22.7 Å². The molecule has 2 fully saturated rings. The molecule has 1 saturated heterocycles. The SMILES string of the molecule is Cc1cc(Cl)c(OCCOCc2ncc(C3=C(C(=O)N(Cc4cccc(Cl)c4Cl)C4CC4)[C@H]4CCC[C@@H](C3)N4)s2)c(Cl)c1. The molecule has 2 bridgehead atoms. The van der Waals surface area contributed by atoms with Crippen LogP contribution in [0, 0.1) is 6.92 Å². The first-order valence-electron chi connectivity index (χ1n) is 14.6. The Morgan fingerprint density at radius 3 is 2.63 bits per heavy atom. The van der Waals surface area contributed by atoms with Crippen molar-refractivity contribution in [2.75, 3.05) is 13.2 Å². The Balaban J connectivity index is 1.17. The first-order valence-corrected chi connectivity index (χ1v) is 17.0. The van der Waals surface area contributed by atoms with Gasteiger partial charge in [0.2, 0.25) is 0 Å². The molecule has 2 aliphatic heterocycles. The number of aromatic nitrogens is 1. The molecule has 228 valence electrons. The van der Waals surface area contributed by atoms with Crippen molar-refractivity contribution in [1.29, 1.82) is 0 Å². The van der Waals surface area contributed by atoms with Crippen LogP contribution in [0.4, 0.5) is 0 Å². The van der Waals surface area contributed by atoms with Gasteiger partial charge in [0.05, 0.1) is 38.2 Å². The zero-order chi connectivity index (χ0) is 30.1. The second kappa shape index (κ2) is 13.7. The summed E-state index contributed by atoms with van der Waals surface area (Å²) < 4.78 is 11.6. The van der Waals surface area contributed by atoms with Gasteiger partial charge in [-0.25, -0.2) is 4.98 Å². The Bertz CT molecular complexity index is 1520. The molecule has 1 amide bonds. The van der Waals surface area contributed by atoms with Crippen molar-refractivity contribution in [3.05, 3.63) is 83.2 Å². The van der Waals surface area contributed by atoms with Crippen molar-refractivity contribution >= 4 is 69.2 Å². The number of halogens is 4. The average Bonchev–Trinajstić information content (AvgIpc) is 3.71. The molecule has 3 heterocycles. The van der Waals surface area contributed by atoms with E-state index in [4.69, 9.17) is 55.9 Å². The molecule has 1 aromatic heterocycles. The molecule has 1 saturated carbocycles. The summed E-state index contributed by atoms with van der Waals surface area (Å²) in [5.74, 6) is 0.552. The van der Waals surface area contributed by atoms with Crippen LogP contribution >= 0.6 is 57.7 Å². The number of fused-ring (bicyclic) bond motifs is 2. The first-order chi connectivity index (χ1) is 20.8. The molecule has 0 unspecified atom stereocenters. The highest BCUT2D eigenvalue weighted by atomic mass is 35.5. The lowest BCUT2D eigenvalue weighted by atomic mass is 9.81. The van der Waals surface area contributed by atoms with Crippen LogP contribution in [0.1, 0.15) is 59.5 Å². The number of benzene rings is 2. The van der Waals surface area contributed by atoms with Crippen molar-refractivity contribution in [2.24, 2.45) is 0 Å². The monoisotopic (exact) mass is 679 g/mol. The summed E-state index contributed by atoms with van der Waals surface area (Å²) >= 11 is 27.0. The van der Waals surface area contributed by atoms with E-state index in [1.807, 2.05) is 42.3 Å². The summed E-state index contributed by atoms with van der Waals surface area (Å²) in [5, 5.41) is 6.57. The summed E-state index contributed by atoms with van der Waals surface area (Å²) in [6, 6.07) is 9.86. The minimum absolute atomic E-state index is 0.0328. The maximum absolute atomic E-state index is 14.4. The molecule has 2 aromatic carbocycles. The molecule has 1 aliphatic carbocycles. The number of nitrogens with one attached hydrogen (secondary N) is 1. The van der Waals surface area contributed by atoms with E-state index in [2.05, 4.69) is 10.3 Å². The predicted octanol–water partition coefficient (Wildman–Crippen LogP) is 8.52. The van der Waals surface area contributed by atoms with Gasteiger partial charge >= 0.3 is 0 Å². The van der Waals surface area contributed by atoms with Crippen molar-refractivity contribution < 1.29 is 14.3 Å². The molecule has 0 radical (unpaired) electrons. The fourth-order valence-corrected chi connectivity index (χ4v) is 7.96. The fourth-order valence-electron chi connectivity index (χ4n) is 5.95. The van der Waals surface area contributed by atoms with Crippen molar-refractivity contribution in [2.45, 2.75) is 76.7 Å². The largest absolute Gasteiger partial charge is 0.488 e. The Kier molecular flexibility index (Phi) is 9.89. The third-order valence-electron chi connectivity index (χ3n) is 8.15. The van der Waals surface area contributed by atoms with Gasteiger partial charge in [-0.3, -0.25) is 4.79 Å². The highest BCUT2D eigenvalue weighted by Crippen LogP contribution is 2.41. The molecule has 43 heavy (non-hydrogen) atoms. The van der Waals surface area contributed by atoms with E-state index in [0.717, 1.165) is 70.7 Å². The van der Waals surface area contributed by atoms with Crippen LogP contribution < -0.4 is 10.1 Å². The Labute approximate surface area is 276 Å². The van der Waals surface area contributed by atoms with Crippen LogP contribution in [0.15, 0.2) is 42.1 Å². The van der Waals surface area contributed by atoms with Crippen molar-refractivity contribution in [3.8, 4) is 5.75 Å². The average molecular weight is 682 g/mol. The predicted molar refractivity (Wildman–Crippen MR) is 175 cm³/mol. The molecule has 6 rings (SSSR count). The zero-order valence-electron chi connectivity index (χ0n) is 23.8. The maximum Gasteiger partial charge on any atom is 0.252 e. The zero-order valence-corrected chi connectivity index (χ0v) is 27.6. The number of thiazole rings is 1. The van der Waals surface area contributed by atoms with Crippen LogP contribution in [0.5, 0.6) is 5.75 Å². The number of piperidine rings is 1. The molecule has 6 nitrogen and oxygen atoms in total. The number of amides is 1. The second-order valence-electron chi connectivity index (χ2n) is 11.4. The highest BCUT2D eigenvalue weighted by Gasteiger charge is 2.41. The van der Waals surface area contributed by atoms with Gasteiger partial charge in [-0.15, -0.1) is 11.3 Å². The van der Waals surface area contributed by atoms with E-state index in [-0.39, 0.29) is 18.0 Å². The summed E-state index contributed by atoms with van der Waals surface area (Å²) in [6.07, 6.45) is 7.87. The third kappa shape index (κ3) is 7.19. The van der Waals surface area contributed by atoms with Gasteiger partial charge in [-0.1, -0.05) is 58.5 Å². The van der Waals surface area contributed by atoms with E-state index >= 15 is 0 Å². The number of aryl methyl sites for hydroxylation is 1. The maximum atomic E-state index is 14.4. The van der Waals surface area contributed by atoms with E-state index in [9.17, 15) is 4.79 Å². The van der Waals surface area contributed by atoms with Crippen molar-refractivity contribution in [3.63, 3.8) is 0 Å². The lowest BCUT2D eigenvalue weighted by Gasteiger charge is -2.40. The summed E-state index contributed by atoms with van der Waals surface area (Å²) in [5.41, 5.74) is 3.82. The molecular weight excluding hydrogens is 648 g/mol. The Morgan fingerprint density at radius 2 is 1.86 bits per heavy atom. The number of carbonyl (C=O) groups is 1. The van der Waals surface area contributed by atoms with Gasteiger partial charge in [0.25, 0.3) is 5.91 Å². The fraction of sp³-hybridized carbons (Fsp3) is 0.438. The van der Waals surface area contributed by atoms with Crippen LogP contribution in [0.3, 0.4) is 0 Å². The Hall–Kier alpha value is -1.84. The lowest BCUT2D eigenvalue weighted by Crippen LogP contribution is -2.51. The lowest BCUT2D eigenvalue weighted by molar-refractivity contribution is -0.128. The summed E-state index contributed by atoms with van der Waals surface area (Å²) in [6.45, 7) is 3.40. The van der Waals surface area contributed by atoms with Gasteiger partial charge < -0.3 is 19.7 Å². The topological polar surface area (TPSA) is 63.7 Å². The van der Waals surface area contributed by atoms with E-state index in [1.165, 1.54) is 0 Å². The summed E-state index contributed by atoms with van der Waals surface area (Å²) in [7, 11) is 0. The number of ether oxygens (including phenoxy) is 2. The van der Waals surface area contributed by atoms with E-state index in [0.29, 0.717) is 58.2 Å². The number of rotatable bonds is 11. The quantitative estimate of drug-likeness (QED) is 0.206. The molecular formula is C32H33Cl4N3O3S. The van der Waals surface area contributed by atoms with Gasteiger partial charge in [-0.05, 0) is 80.3 Å². The number of hydrogen-bond acceptors (Lipinski definition) is 6. The van der Waals surface area contributed by atoms with Crippen LogP contribution in [0.2, 0.25) is 20.1 Å². The van der Waals surface area contributed by atoms with Crippen LogP contribution in [-0.4, -0.2) is 47.1 Å². The molecule has 11 heteroatoms. The molecule has 2 atom stereocenters. The smallest absolute Gasteiger partial charge is 0.252 e. The van der Waals surface area contributed by atoms with Crippen LogP contribution in [0.25, 0.3) is 5.57 Å². The Morgan fingerprint density at radius 1 is 1.07 bits per heavy atom. The second-order valence-corrected chi connectivity index (χ2v) is 14.1. The van der Waals surface area contributed by atoms with Gasteiger partial charge in [0, 0.05) is 36.4 Å². The van der Waals surface area contributed by atoms with Gasteiger partial charge in [-0.2, -0.15) is 0 Å². The first kappa shape index (κ1) is 31.2. The van der Waals surface area contributed by atoms with Crippen molar-refractivity contribution in [1.82, 2.24) is 15.2 Å². The number of nitrogens with zero attached hydrogens (tertiary/aromatic N) is 2. The van der Waals surface area contributed by atoms with Gasteiger partial charge in [0.15, 0.2) is 5.75 Å². The minimum Gasteiger partial charge on any atom is -0.488 e. The molecule has 1 N–H and O–H groups in total. The molecule has 0 spiro atoms. The van der Waals surface area contributed by atoms with E-state index in [1.54, 1.807) is 17.4 Å². The standard InChI is InChI=1S/C32H33Cl4N3O3S/c1-18-12-24(34)31(25(35)13-18)42-11-10-41-17-28-37-15-27(43-28)22-14-20-5-3-7-26(38-20)29(22)32(40)39(21-8-9-21)16-19-4-2-6-23(33)30(19)36/h2,4,6,12-13,15,20-21,26,38H,3,5,7-11,14,16-17H2,1H3/t20-,26+/m0/s1. The third-order valence-corrected chi connectivity index (χ3v) is 10.6. The highest BCUT2D eigenvalue weighted by molar-refractivity contribution is 7.12. The van der Waals surface area contributed by atoms with E-state index < -0.39 is 0 Å². The minimum atomic E-state index is 0.0328. The number of hydrogen-bond donors (Lipinski definition) is 1.